The first-order valence-electron chi connectivity index (χ1n) is 7.10. The van der Waals surface area contributed by atoms with Crippen LogP contribution in [0.2, 0.25) is 5.02 Å². The Kier molecular flexibility index (Phi) is 4.32. The second kappa shape index (κ2) is 6.38. The number of carbonyl (C=O) groups excluding carboxylic acids is 1. The number of phenols is 1. The summed E-state index contributed by atoms with van der Waals surface area (Å²) in [7, 11) is 0. The van der Waals surface area contributed by atoms with Gasteiger partial charge in [-0.3, -0.25) is 4.79 Å². The van der Waals surface area contributed by atoms with Crippen molar-refractivity contribution in [3.8, 4) is 16.9 Å². The van der Waals surface area contributed by atoms with Crippen LogP contribution in [0.15, 0.2) is 42.5 Å². The van der Waals surface area contributed by atoms with Crippen molar-refractivity contribution in [3.05, 3.63) is 53.1 Å². The van der Waals surface area contributed by atoms with Crippen LogP contribution in [0.1, 0.15) is 10.4 Å². The van der Waals surface area contributed by atoms with Gasteiger partial charge in [-0.15, -0.1) is 0 Å². The van der Waals surface area contributed by atoms with E-state index in [1.807, 2.05) is 12.1 Å². The Bertz CT molecular complexity index is 659. The zero-order chi connectivity index (χ0) is 15.5. The first-order valence-corrected chi connectivity index (χ1v) is 7.48. The Hall–Kier alpha value is -2.04. The van der Waals surface area contributed by atoms with Gasteiger partial charge in [0.05, 0.1) is 13.2 Å². The Labute approximate surface area is 133 Å². The second-order valence-electron chi connectivity index (χ2n) is 5.18. The fourth-order valence-electron chi connectivity index (χ4n) is 2.50. The predicted molar refractivity (Wildman–Crippen MR) is 85.3 cm³/mol. The highest BCUT2D eigenvalue weighted by molar-refractivity contribution is 6.31. The molecule has 0 spiro atoms. The normalized spacial score (nSPS) is 14.9. The molecule has 2 aromatic rings. The molecule has 0 aromatic heterocycles. The van der Waals surface area contributed by atoms with E-state index in [0.717, 1.165) is 11.1 Å². The lowest BCUT2D eigenvalue weighted by Crippen LogP contribution is -2.40. The zero-order valence-corrected chi connectivity index (χ0v) is 12.7. The summed E-state index contributed by atoms with van der Waals surface area (Å²) in [6.07, 6.45) is 0. The van der Waals surface area contributed by atoms with Crippen LogP contribution >= 0.6 is 11.6 Å². The summed E-state index contributed by atoms with van der Waals surface area (Å²) in [4.78, 5) is 14.2. The molecule has 3 rings (SSSR count). The van der Waals surface area contributed by atoms with E-state index in [2.05, 4.69) is 0 Å². The van der Waals surface area contributed by atoms with Crippen molar-refractivity contribution in [2.45, 2.75) is 0 Å². The SMILES string of the molecule is O=C(c1ccc(-c2cc(O)cc(Cl)c2)cc1)N1CCOCC1. The molecule has 114 valence electrons. The van der Waals surface area contributed by atoms with Crippen molar-refractivity contribution in [1.29, 1.82) is 0 Å². The number of phenolic OH excluding ortho intramolecular Hbond substituents is 1. The van der Waals surface area contributed by atoms with E-state index in [-0.39, 0.29) is 11.7 Å². The highest BCUT2D eigenvalue weighted by atomic mass is 35.5. The van der Waals surface area contributed by atoms with Gasteiger partial charge in [-0.25, -0.2) is 0 Å². The van der Waals surface area contributed by atoms with Crippen LogP contribution in [0.3, 0.4) is 0 Å². The molecule has 1 saturated heterocycles. The number of ether oxygens (including phenoxy) is 1. The van der Waals surface area contributed by atoms with Gasteiger partial charge >= 0.3 is 0 Å². The van der Waals surface area contributed by atoms with Crippen molar-refractivity contribution < 1.29 is 14.6 Å². The van der Waals surface area contributed by atoms with E-state index in [1.165, 1.54) is 6.07 Å². The largest absolute Gasteiger partial charge is 0.508 e. The maximum Gasteiger partial charge on any atom is 0.254 e. The van der Waals surface area contributed by atoms with Crippen LogP contribution in [0.5, 0.6) is 5.75 Å². The van der Waals surface area contributed by atoms with Gasteiger partial charge in [0.25, 0.3) is 5.91 Å². The smallest absolute Gasteiger partial charge is 0.254 e. The second-order valence-corrected chi connectivity index (χ2v) is 5.62. The minimum atomic E-state index is 0.0174. The molecular formula is C17H16ClNO3. The highest BCUT2D eigenvalue weighted by Gasteiger charge is 2.18. The quantitative estimate of drug-likeness (QED) is 0.925. The molecule has 1 heterocycles. The number of hydrogen-bond acceptors (Lipinski definition) is 3. The number of hydrogen-bond donors (Lipinski definition) is 1. The fourth-order valence-corrected chi connectivity index (χ4v) is 2.72. The third-order valence-electron chi connectivity index (χ3n) is 3.65. The van der Waals surface area contributed by atoms with E-state index in [0.29, 0.717) is 36.9 Å². The molecule has 0 atom stereocenters. The van der Waals surface area contributed by atoms with Gasteiger partial charge < -0.3 is 14.7 Å². The molecule has 1 aliphatic heterocycles. The standard InChI is InChI=1S/C17H16ClNO3/c18-15-9-14(10-16(20)11-15)12-1-3-13(4-2-12)17(21)19-5-7-22-8-6-19/h1-4,9-11,20H,5-8H2. The van der Waals surface area contributed by atoms with Crippen LogP contribution in [0, 0.1) is 0 Å². The van der Waals surface area contributed by atoms with Gasteiger partial charge in [-0.05, 0) is 41.5 Å². The van der Waals surface area contributed by atoms with Gasteiger partial charge in [0.15, 0.2) is 0 Å². The lowest BCUT2D eigenvalue weighted by molar-refractivity contribution is 0.0303. The van der Waals surface area contributed by atoms with Crippen molar-refractivity contribution in [1.82, 2.24) is 4.90 Å². The van der Waals surface area contributed by atoms with E-state index in [9.17, 15) is 9.90 Å². The molecule has 1 fully saturated rings. The molecule has 22 heavy (non-hydrogen) atoms. The number of morpholine rings is 1. The molecule has 1 N–H and O–H groups in total. The molecule has 0 aliphatic carbocycles. The van der Waals surface area contributed by atoms with Crippen LogP contribution in [-0.2, 0) is 4.74 Å². The molecule has 0 bridgehead atoms. The Morgan fingerprint density at radius 2 is 1.73 bits per heavy atom. The molecule has 0 saturated carbocycles. The lowest BCUT2D eigenvalue weighted by atomic mass is 10.0. The monoisotopic (exact) mass is 317 g/mol. The number of benzene rings is 2. The number of carbonyl (C=O) groups is 1. The summed E-state index contributed by atoms with van der Waals surface area (Å²) in [6.45, 7) is 2.43. The summed E-state index contributed by atoms with van der Waals surface area (Å²) in [6, 6.07) is 12.2. The molecule has 1 amide bonds. The highest BCUT2D eigenvalue weighted by Crippen LogP contribution is 2.28. The number of rotatable bonds is 2. The first-order chi connectivity index (χ1) is 10.6. The number of aromatic hydroxyl groups is 1. The Balaban J connectivity index is 1.81. The van der Waals surface area contributed by atoms with Gasteiger partial charge in [-0.2, -0.15) is 0 Å². The van der Waals surface area contributed by atoms with Crippen LogP contribution < -0.4 is 0 Å². The number of halogens is 1. The van der Waals surface area contributed by atoms with Crippen LogP contribution in [-0.4, -0.2) is 42.2 Å². The number of nitrogens with zero attached hydrogens (tertiary/aromatic N) is 1. The summed E-state index contributed by atoms with van der Waals surface area (Å²) in [5.41, 5.74) is 2.36. The maximum absolute atomic E-state index is 12.4. The van der Waals surface area contributed by atoms with Crippen molar-refractivity contribution >= 4 is 17.5 Å². The fraction of sp³-hybridized carbons (Fsp3) is 0.235. The van der Waals surface area contributed by atoms with Crippen molar-refractivity contribution in [2.75, 3.05) is 26.3 Å². The Morgan fingerprint density at radius 1 is 1.05 bits per heavy atom. The summed E-state index contributed by atoms with van der Waals surface area (Å²) in [5.74, 6) is 0.139. The van der Waals surface area contributed by atoms with E-state index in [4.69, 9.17) is 16.3 Å². The van der Waals surface area contributed by atoms with Crippen molar-refractivity contribution in [3.63, 3.8) is 0 Å². The first kappa shape index (κ1) is 14.9. The molecule has 5 heteroatoms. The van der Waals surface area contributed by atoms with Crippen LogP contribution in [0.25, 0.3) is 11.1 Å². The molecule has 1 aliphatic rings. The van der Waals surface area contributed by atoms with E-state index < -0.39 is 0 Å². The predicted octanol–water partition coefficient (Wildman–Crippen LogP) is 3.19. The van der Waals surface area contributed by atoms with E-state index >= 15 is 0 Å². The molecule has 4 nitrogen and oxygen atoms in total. The third kappa shape index (κ3) is 3.24. The topological polar surface area (TPSA) is 49.8 Å². The van der Waals surface area contributed by atoms with Gasteiger partial charge in [0.2, 0.25) is 0 Å². The summed E-state index contributed by atoms with van der Waals surface area (Å²) < 4.78 is 5.26. The summed E-state index contributed by atoms with van der Waals surface area (Å²) >= 11 is 5.95. The molecule has 0 unspecified atom stereocenters. The van der Waals surface area contributed by atoms with Crippen molar-refractivity contribution in [2.24, 2.45) is 0 Å². The lowest BCUT2D eigenvalue weighted by Gasteiger charge is -2.26. The van der Waals surface area contributed by atoms with Gasteiger partial charge in [0.1, 0.15) is 5.75 Å². The third-order valence-corrected chi connectivity index (χ3v) is 3.86. The number of amides is 1. The van der Waals surface area contributed by atoms with Gasteiger partial charge in [-0.1, -0.05) is 23.7 Å². The van der Waals surface area contributed by atoms with Gasteiger partial charge in [0, 0.05) is 23.7 Å². The zero-order valence-electron chi connectivity index (χ0n) is 12.0. The maximum atomic E-state index is 12.4. The molecule has 0 radical (unpaired) electrons. The van der Waals surface area contributed by atoms with E-state index in [1.54, 1.807) is 29.2 Å². The average molecular weight is 318 g/mol. The minimum Gasteiger partial charge on any atom is -0.508 e. The molecular weight excluding hydrogens is 302 g/mol. The van der Waals surface area contributed by atoms with Crippen LogP contribution in [0.4, 0.5) is 0 Å². The molecule has 2 aromatic carbocycles. The summed E-state index contributed by atoms with van der Waals surface area (Å²) in [5, 5.41) is 10.1. The minimum absolute atomic E-state index is 0.0174. The Morgan fingerprint density at radius 3 is 2.36 bits per heavy atom. The average Bonchev–Trinajstić information content (AvgIpc) is 2.54.